The molecule has 18 rings (SSSR count). The molecule has 0 aliphatic carbocycles. The third-order valence-corrected chi connectivity index (χ3v) is 17.6. The monoisotopic (exact) mass is 1090 g/mol. The maximum Gasteiger partial charge on any atom is 0.0541 e. The zero-order chi connectivity index (χ0) is 56.7. The van der Waals surface area contributed by atoms with Crippen molar-refractivity contribution in [1.29, 1.82) is 0 Å². The molecule has 0 aliphatic heterocycles. The molecular weight excluding hydrogens is 1040 g/mol. The third-order valence-electron chi connectivity index (χ3n) is 17.6. The Morgan fingerprint density at radius 1 is 0.140 bits per heavy atom. The lowest BCUT2D eigenvalue weighted by Crippen LogP contribution is -1.94. The van der Waals surface area contributed by atoms with E-state index in [0.717, 1.165) is 0 Å². The minimum atomic E-state index is 1.17. The molecule has 0 aliphatic rings. The fraction of sp³-hybridized carbons (Fsp3) is 0. The first-order valence-electron chi connectivity index (χ1n) is 29.6. The first-order chi connectivity index (χ1) is 42.7. The van der Waals surface area contributed by atoms with Crippen LogP contribution in [0.5, 0.6) is 0 Å². The van der Waals surface area contributed by atoms with E-state index >= 15 is 0 Å². The van der Waals surface area contributed by atoms with Gasteiger partial charge in [0, 0.05) is 65.8 Å². The van der Waals surface area contributed by atoms with Crippen molar-refractivity contribution < 1.29 is 0 Å². The van der Waals surface area contributed by atoms with Gasteiger partial charge < -0.3 is 18.3 Å². The van der Waals surface area contributed by atoms with Gasteiger partial charge in [0.1, 0.15) is 0 Å². The minimum absolute atomic E-state index is 1.17. The number of rotatable bonds is 7. The summed E-state index contributed by atoms with van der Waals surface area (Å²) in [6, 6.07) is 119. The van der Waals surface area contributed by atoms with Crippen LogP contribution in [-0.4, -0.2) is 18.3 Å². The van der Waals surface area contributed by atoms with E-state index in [9.17, 15) is 0 Å². The number of aromatic nitrogens is 4. The first kappa shape index (κ1) is 49.2. The summed E-state index contributed by atoms with van der Waals surface area (Å²) in [5.74, 6) is 0. The zero-order valence-corrected chi connectivity index (χ0v) is 47.0. The Balaban J connectivity index is 0.000000135. The van der Waals surface area contributed by atoms with Crippen molar-refractivity contribution >= 4 is 98.0 Å². The van der Waals surface area contributed by atoms with Crippen molar-refractivity contribution in [2.75, 3.05) is 0 Å². The van der Waals surface area contributed by atoms with Gasteiger partial charge in [0.15, 0.2) is 0 Å². The summed E-state index contributed by atoms with van der Waals surface area (Å²) < 4.78 is 9.54. The van der Waals surface area contributed by atoms with Gasteiger partial charge in [-0.25, -0.2) is 0 Å². The fourth-order valence-electron chi connectivity index (χ4n) is 13.6. The number of para-hydroxylation sites is 6. The van der Waals surface area contributed by atoms with E-state index in [1.165, 1.54) is 154 Å². The summed E-state index contributed by atoms with van der Waals surface area (Å²) in [5.41, 5.74) is 21.8. The molecule has 18 aromatic rings. The molecule has 4 heteroatoms. The zero-order valence-electron chi connectivity index (χ0n) is 47.0. The predicted octanol–water partition coefficient (Wildman–Crippen LogP) is 21.9. The van der Waals surface area contributed by atoms with Crippen LogP contribution >= 0.6 is 0 Å². The van der Waals surface area contributed by atoms with Crippen LogP contribution in [0, 0.1) is 0 Å². The van der Waals surface area contributed by atoms with Crippen molar-refractivity contribution in [2.45, 2.75) is 0 Å². The molecule has 4 aromatic heterocycles. The molecule has 0 radical (unpaired) electrons. The fourth-order valence-corrected chi connectivity index (χ4v) is 13.6. The molecule has 0 fully saturated rings. The first-order valence-corrected chi connectivity index (χ1v) is 29.6. The second kappa shape index (κ2) is 20.2. The highest BCUT2D eigenvalue weighted by atomic mass is 15.0. The minimum Gasteiger partial charge on any atom is -0.309 e. The van der Waals surface area contributed by atoms with Crippen LogP contribution in [0.4, 0.5) is 0 Å². The summed E-state index contributed by atoms with van der Waals surface area (Å²) in [5, 5.41) is 12.6. The van der Waals surface area contributed by atoms with Crippen molar-refractivity contribution in [3.05, 3.63) is 328 Å². The Morgan fingerprint density at radius 2 is 0.430 bits per heavy atom. The van der Waals surface area contributed by atoms with Crippen LogP contribution < -0.4 is 0 Å². The molecule has 4 nitrogen and oxygen atoms in total. The SMILES string of the molecule is c1ccc(-c2cccc(-n3c4ccccc4c4cc(-c5ccc6c(c5)c5ccccc5n6-c5ccccc5)ccc43)c2)cc1.c1ccc(-n2c3ccccc3c3cc(-c4ccc5c(c4)c4ccccc4n5-c4ccc5ccccc5c4)ccc32)cc1. The molecule has 4 heterocycles. The summed E-state index contributed by atoms with van der Waals surface area (Å²) in [4.78, 5) is 0. The van der Waals surface area contributed by atoms with E-state index in [2.05, 4.69) is 346 Å². The molecule has 0 spiro atoms. The highest BCUT2D eigenvalue weighted by molar-refractivity contribution is 6.15. The van der Waals surface area contributed by atoms with Crippen LogP contribution in [-0.2, 0) is 0 Å². The van der Waals surface area contributed by atoms with Gasteiger partial charge in [-0.05, 0) is 165 Å². The van der Waals surface area contributed by atoms with Crippen molar-refractivity contribution in [3.8, 4) is 56.1 Å². The molecule has 86 heavy (non-hydrogen) atoms. The molecule has 14 aromatic carbocycles. The van der Waals surface area contributed by atoms with Crippen LogP contribution in [0.15, 0.2) is 328 Å². The molecule has 0 unspecified atom stereocenters. The van der Waals surface area contributed by atoms with E-state index in [1.54, 1.807) is 0 Å². The summed E-state index contributed by atoms with van der Waals surface area (Å²) in [6.45, 7) is 0. The van der Waals surface area contributed by atoms with Crippen molar-refractivity contribution in [3.63, 3.8) is 0 Å². The van der Waals surface area contributed by atoms with Gasteiger partial charge in [0.25, 0.3) is 0 Å². The molecule has 0 saturated heterocycles. The normalized spacial score (nSPS) is 11.7. The lowest BCUT2D eigenvalue weighted by molar-refractivity contribution is 1.18. The van der Waals surface area contributed by atoms with Gasteiger partial charge in [-0.1, -0.05) is 206 Å². The molecule has 0 saturated carbocycles. The topological polar surface area (TPSA) is 19.7 Å². The Hall–Kier alpha value is -11.5. The summed E-state index contributed by atoms with van der Waals surface area (Å²) in [7, 11) is 0. The van der Waals surface area contributed by atoms with Gasteiger partial charge in [-0.3, -0.25) is 0 Å². The standard InChI is InChI=1S/C42H28N2.C40H26N2/c1-3-12-29(13-4-1)30-14-11-17-34(26-30)44-40-21-10-8-19-36(40)38-28-32(23-25-42(38)44)31-22-24-41-37(27-31)35-18-7-9-20-39(35)43(41)33-15-5-2-6-16-33;1-2-12-31(13-3-1)41-37-16-8-6-14-33(37)35-25-29(19-22-39(35)41)30-20-23-40-36(26-30)34-15-7-9-17-38(34)42(40)32-21-18-27-10-4-5-11-28(27)24-32/h1-28H;1-26H. The van der Waals surface area contributed by atoms with Crippen molar-refractivity contribution in [2.24, 2.45) is 0 Å². The van der Waals surface area contributed by atoms with Crippen LogP contribution in [0.1, 0.15) is 0 Å². The maximum absolute atomic E-state index is 2.40. The molecule has 0 amide bonds. The number of hydrogen-bond acceptors (Lipinski definition) is 0. The van der Waals surface area contributed by atoms with Gasteiger partial charge in [-0.2, -0.15) is 0 Å². The van der Waals surface area contributed by atoms with Gasteiger partial charge >= 0.3 is 0 Å². The van der Waals surface area contributed by atoms with Gasteiger partial charge in [0.05, 0.1) is 44.1 Å². The molecular formula is C82H54N4. The molecule has 0 N–H and O–H groups in total. The quantitative estimate of drug-likeness (QED) is 0.152. The number of benzene rings is 14. The van der Waals surface area contributed by atoms with E-state index in [-0.39, 0.29) is 0 Å². The number of hydrogen-bond donors (Lipinski definition) is 0. The van der Waals surface area contributed by atoms with Crippen LogP contribution in [0.2, 0.25) is 0 Å². The van der Waals surface area contributed by atoms with Gasteiger partial charge in [0.2, 0.25) is 0 Å². The predicted molar refractivity (Wildman–Crippen MR) is 364 cm³/mol. The summed E-state index contributed by atoms with van der Waals surface area (Å²) in [6.07, 6.45) is 0. The second-order valence-corrected chi connectivity index (χ2v) is 22.5. The molecule has 402 valence electrons. The molecule has 0 atom stereocenters. The Kier molecular flexibility index (Phi) is 11.5. The number of nitrogens with zero attached hydrogens (tertiary/aromatic N) is 4. The maximum atomic E-state index is 2.40. The van der Waals surface area contributed by atoms with E-state index < -0.39 is 0 Å². The average molecular weight is 1100 g/mol. The van der Waals surface area contributed by atoms with Crippen molar-refractivity contribution in [1.82, 2.24) is 18.3 Å². The van der Waals surface area contributed by atoms with Crippen LogP contribution in [0.3, 0.4) is 0 Å². The summed E-state index contributed by atoms with van der Waals surface area (Å²) >= 11 is 0. The average Bonchev–Trinajstić information content (AvgIpc) is 2.48. The highest BCUT2D eigenvalue weighted by Gasteiger charge is 2.19. The second-order valence-electron chi connectivity index (χ2n) is 22.5. The van der Waals surface area contributed by atoms with Crippen LogP contribution in [0.25, 0.3) is 154 Å². The van der Waals surface area contributed by atoms with E-state index in [1.807, 2.05) is 0 Å². The lowest BCUT2D eigenvalue weighted by Gasteiger charge is -2.11. The molecule has 0 bridgehead atoms. The van der Waals surface area contributed by atoms with E-state index in [4.69, 9.17) is 0 Å². The Morgan fingerprint density at radius 3 is 0.849 bits per heavy atom. The number of fused-ring (bicyclic) bond motifs is 13. The Bertz CT molecular complexity index is 5640. The smallest absolute Gasteiger partial charge is 0.0541 e. The third kappa shape index (κ3) is 8.07. The van der Waals surface area contributed by atoms with E-state index in [0.29, 0.717) is 0 Å². The Labute approximate surface area is 497 Å². The highest BCUT2D eigenvalue weighted by Crippen LogP contribution is 2.41. The van der Waals surface area contributed by atoms with Gasteiger partial charge in [-0.15, -0.1) is 0 Å². The lowest BCUT2D eigenvalue weighted by atomic mass is 10.0. The largest absolute Gasteiger partial charge is 0.309 e.